The fraction of sp³-hybridized carbons (Fsp3) is 0.600. The van der Waals surface area contributed by atoms with Gasteiger partial charge in [0.05, 0.1) is 13.2 Å². The van der Waals surface area contributed by atoms with Crippen molar-refractivity contribution in [2.24, 2.45) is 4.99 Å². The number of hydrogen-bond donors (Lipinski definition) is 2. The highest BCUT2D eigenvalue weighted by Crippen LogP contribution is 2.15. The summed E-state index contributed by atoms with van der Waals surface area (Å²) in [5, 5.41) is 6.49. The Kier molecular flexibility index (Phi) is 12.9. The molecule has 0 saturated carbocycles. The van der Waals surface area contributed by atoms with Gasteiger partial charge in [-0.1, -0.05) is 6.07 Å². The summed E-state index contributed by atoms with van der Waals surface area (Å²) in [4.78, 5) is 8.79. The van der Waals surface area contributed by atoms with Gasteiger partial charge in [-0.05, 0) is 26.3 Å². The first kappa shape index (κ1) is 20.9. The predicted octanol–water partition coefficient (Wildman–Crippen LogP) is 2.19. The number of aromatic nitrogens is 1. The summed E-state index contributed by atoms with van der Waals surface area (Å²) in [6.07, 6.45) is 2.67. The third-order valence-electron chi connectivity index (χ3n) is 2.70. The highest BCUT2D eigenvalue weighted by atomic mass is 127. The molecular weight excluding hydrogens is 395 g/mol. The molecule has 0 aromatic carbocycles. The minimum absolute atomic E-state index is 0. The quantitative estimate of drug-likeness (QED) is 0.277. The number of halogens is 1. The number of hydrogen-bond acceptors (Lipinski definition) is 4. The molecule has 0 bridgehead atoms. The molecule has 0 aliphatic heterocycles. The van der Waals surface area contributed by atoms with Gasteiger partial charge in [0.2, 0.25) is 5.88 Å². The lowest BCUT2D eigenvalue weighted by atomic mass is 10.3. The molecule has 22 heavy (non-hydrogen) atoms. The molecule has 0 fully saturated rings. The van der Waals surface area contributed by atoms with Gasteiger partial charge in [-0.3, -0.25) is 0 Å². The van der Waals surface area contributed by atoms with Gasteiger partial charge in [0, 0.05) is 38.6 Å². The second-order valence-corrected chi connectivity index (χ2v) is 4.37. The second-order valence-electron chi connectivity index (χ2n) is 4.37. The van der Waals surface area contributed by atoms with Gasteiger partial charge in [0.25, 0.3) is 0 Å². The van der Waals surface area contributed by atoms with Crippen molar-refractivity contribution in [2.45, 2.75) is 26.8 Å². The van der Waals surface area contributed by atoms with Crippen LogP contribution in [0.5, 0.6) is 5.88 Å². The van der Waals surface area contributed by atoms with E-state index in [1.54, 1.807) is 13.3 Å². The van der Waals surface area contributed by atoms with Gasteiger partial charge in [-0.2, -0.15) is 0 Å². The Morgan fingerprint density at radius 2 is 2.14 bits per heavy atom. The van der Waals surface area contributed by atoms with Crippen molar-refractivity contribution in [3.05, 3.63) is 23.9 Å². The molecule has 6 nitrogen and oxygen atoms in total. The molecule has 126 valence electrons. The van der Waals surface area contributed by atoms with E-state index in [0.717, 1.165) is 37.6 Å². The predicted molar refractivity (Wildman–Crippen MR) is 100 cm³/mol. The van der Waals surface area contributed by atoms with E-state index in [0.29, 0.717) is 19.0 Å². The first-order valence-electron chi connectivity index (χ1n) is 7.39. The Morgan fingerprint density at radius 3 is 2.82 bits per heavy atom. The average Bonchev–Trinajstić information content (AvgIpc) is 2.50. The number of rotatable bonds is 9. The van der Waals surface area contributed by atoms with Gasteiger partial charge >= 0.3 is 0 Å². The molecule has 2 N–H and O–H groups in total. The molecule has 0 spiro atoms. The van der Waals surface area contributed by atoms with E-state index < -0.39 is 0 Å². The molecule has 0 amide bonds. The van der Waals surface area contributed by atoms with Crippen LogP contribution < -0.4 is 15.4 Å². The topological polar surface area (TPSA) is 67.8 Å². The molecule has 1 heterocycles. The maximum Gasteiger partial charge on any atom is 0.218 e. The van der Waals surface area contributed by atoms with E-state index in [9.17, 15) is 0 Å². The second kappa shape index (κ2) is 13.6. The highest BCUT2D eigenvalue weighted by Gasteiger charge is 2.04. The van der Waals surface area contributed by atoms with Crippen molar-refractivity contribution in [3.8, 4) is 5.88 Å². The summed E-state index contributed by atoms with van der Waals surface area (Å²) < 4.78 is 10.5. The first-order valence-corrected chi connectivity index (χ1v) is 7.39. The zero-order valence-corrected chi connectivity index (χ0v) is 15.9. The summed E-state index contributed by atoms with van der Waals surface area (Å²) in [7, 11) is 1.71. The van der Waals surface area contributed by atoms with Crippen LogP contribution in [0.3, 0.4) is 0 Å². The van der Waals surface area contributed by atoms with E-state index in [-0.39, 0.29) is 24.0 Å². The van der Waals surface area contributed by atoms with Crippen molar-refractivity contribution in [1.29, 1.82) is 0 Å². The Balaban J connectivity index is 0.00000441. The van der Waals surface area contributed by atoms with Crippen molar-refractivity contribution in [3.63, 3.8) is 0 Å². The molecule has 1 aromatic rings. The fourth-order valence-electron chi connectivity index (χ4n) is 1.74. The minimum atomic E-state index is 0. The van der Waals surface area contributed by atoms with Crippen molar-refractivity contribution >= 4 is 29.9 Å². The van der Waals surface area contributed by atoms with Gasteiger partial charge in [0.1, 0.15) is 0 Å². The normalized spacial score (nSPS) is 10.8. The van der Waals surface area contributed by atoms with Gasteiger partial charge in [-0.25, -0.2) is 9.98 Å². The third-order valence-corrected chi connectivity index (χ3v) is 2.70. The number of methoxy groups -OCH3 is 1. The largest absolute Gasteiger partial charge is 0.478 e. The molecule has 7 heteroatoms. The number of guanidine groups is 1. The molecule has 0 aliphatic carbocycles. The van der Waals surface area contributed by atoms with E-state index in [1.807, 2.05) is 26.0 Å². The molecule has 0 saturated heterocycles. The lowest BCUT2D eigenvalue weighted by Crippen LogP contribution is -2.38. The fourth-order valence-corrected chi connectivity index (χ4v) is 1.74. The Hall–Kier alpha value is -1.09. The molecule has 0 aliphatic rings. The van der Waals surface area contributed by atoms with Crippen LogP contribution in [-0.2, 0) is 11.3 Å². The van der Waals surface area contributed by atoms with E-state index in [4.69, 9.17) is 9.47 Å². The Labute approximate surface area is 150 Å². The maximum atomic E-state index is 5.50. The number of nitrogens with one attached hydrogen (secondary N) is 2. The van der Waals surface area contributed by atoms with E-state index >= 15 is 0 Å². The van der Waals surface area contributed by atoms with Crippen molar-refractivity contribution < 1.29 is 9.47 Å². The highest BCUT2D eigenvalue weighted by molar-refractivity contribution is 14.0. The number of pyridine rings is 1. The minimum Gasteiger partial charge on any atom is -0.478 e. The molecule has 0 radical (unpaired) electrons. The van der Waals surface area contributed by atoms with Crippen LogP contribution in [0.25, 0.3) is 0 Å². The molecule has 0 atom stereocenters. The van der Waals surface area contributed by atoms with Gasteiger partial charge < -0.3 is 20.1 Å². The number of nitrogens with zero attached hydrogens (tertiary/aromatic N) is 2. The standard InChI is InChI=1S/C15H26N4O2.HI/c1-4-16-15(18-10-7-11-20-3)19-12-13-8-6-9-17-14(13)21-5-2;/h6,8-9H,4-5,7,10-12H2,1-3H3,(H2,16,18,19);1H. The van der Waals surface area contributed by atoms with E-state index in [2.05, 4.69) is 20.6 Å². The summed E-state index contributed by atoms with van der Waals surface area (Å²) >= 11 is 0. The molecular formula is C15H27IN4O2. The van der Waals surface area contributed by atoms with Crippen molar-refractivity contribution in [1.82, 2.24) is 15.6 Å². The van der Waals surface area contributed by atoms with Crippen molar-refractivity contribution in [2.75, 3.05) is 33.4 Å². The smallest absolute Gasteiger partial charge is 0.218 e. The van der Waals surface area contributed by atoms with Crippen LogP contribution in [0.2, 0.25) is 0 Å². The molecule has 1 rings (SSSR count). The zero-order valence-electron chi connectivity index (χ0n) is 13.6. The lowest BCUT2D eigenvalue weighted by Gasteiger charge is -2.12. The molecule has 1 aromatic heterocycles. The summed E-state index contributed by atoms with van der Waals surface area (Å²) in [6, 6.07) is 3.88. The van der Waals surface area contributed by atoms with Crippen LogP contribution in [0.4, 0.5) is 0 Å². The number of aliphatic imine (C=N–C) groups is 1. The molecule has 0 unspecified atom stereocenters. The summed E-state index contributed by atoms with van der Waals surface area (Å²) in [6.45, 7) is 7.51. The van der Waals surface area contributed by atoms with Crippen LogP contribution >= 0.6 is 24.0 Å². The SMILES string of the molecule is CCNC(=NCc1cccnc1OCC)NCCCOC.I. The number of ether oxygens (including phenoxy) is 2. The van der Waals surface area contributed by atoms with Crippen LogP contribution in [0.15, 0.2) is 23.3 Å². The Morgan fingerprint density at radius 1 is 1.32 bits per heavy atom. The average molecular weight is 422 g/mol. The van der Waals surface area contributed by atoms with Gasteiger partial charge in [0.15, 0.2) is 5.96 Å². The summed E-state index contributed by atoms with van der Waals surface area (Å²) in [5.41, 5.74) is 0.980. The monoisotopic (exact) mass is 422 g/mol. The van der Waals surface area contributed by atoms with E-state index in [1.165, 1.54) is 0 Å². The van der Waals surface area contributed by atoms with Crippen LogP contribution in [0.1, 0.15) is 25.8 Å². The first-order chi connectivity index (χ1) is 10.3. The Bertz CT molecular complexity index is 430. The van der Waals surface area contributed by atoms with Crippen LogP contribution in [-0.4, -0.2) is 44.4 Å². The zero-order chi connectivity index (χ0) is 15.3. The maximum absolute atomic E-state index is 5.50. The van der Waals surface area contributed by atoms with Gasteiger partial charge in [-0.15, -0.1) is 24.0 Å². The summed E-state index contributed by atoms with van der Waals surface area (Å²) in [5.74, 6) is 1.44. The van der Waals surface area contributed by atoms with Crippen LogP contribution in [0, 0.1) is 0 Å². The lowest BCUT2D eigenvalue weighted by molar-refractivity contribution is 0.195. The third kappa shape index (κ3) is 8.38.